The van der Waals surface area contributed by atoms with Crippen molar-refractivity contribution in [1.29, 1.82) is 5.41 Å². The number of methoxy groups -OCH3 is 1. The number of dihydropyridines is 1. The van der Waals surface area contributed by atoms with E-state index < -0.39 is 12.1 Å². The summed E-state index contributed by atoms with van der Waals surface area (Å²) in [6.45, 7) is 0.619. The number of ether oxygens (including phenoxy) is 1. The summed E-state index contributed by atoms with van der Waals surface area (Å²) in [6, 6.07) is 7.27. The van der Waals surface area contributed by atoms with Gasteiger partial charge in [0.05, 0.1) is 18.7 Å². The Balaban J connectivity index is 1.85. The highest BCUT2D eigenvalue weighted by Crippen LogP contribution is 2.39. The van der Waals surface area contributed by atoms with Crippen molar-refractivity contribution in [2.75, 3.05) is 13.7 Å². The van der Waals surface area contributed by atoms with Crippen molar-refractivity contribution in [3.63, 3.8) is 0 Å². The summed E-state index contributed by atoms with van der Waals surface area (Å²) in [5.41, 5.74) is 3.36. The molecule has 2 unspecified atom stereocenters. The molecule has 0 fully saturated rings. The van der Waals surface area contributed by atoms with Crippen LogP contribution in [0.4, 0.5) is 4.39 Å². The predicted octanol–water partition coefficient (Wildman–Crippen LogP) is 4.69. The molecule has 5 heteroatoms. The summed E-state index contributed by atoms with van der Waals surface area (Å²) in [7, 11) is 1.56. The van der Waals surface area contributed by atoms with Gasteiger partial charge in [-0.15, -0.1) is 0 Å². The first-order valence-electron chi connectivity index (χ1n) is 8.10. The third-order valence-corrected chi connectivity index (χ3v) is 4.70. The minimum absolute atomic E-state index is 0.492. The summed E-state index contributed by atoms with van der Waals surface area (Å²) in [6.07, 6.45) is 8.08. The van der Waals surface area contributed by atoms with E-state index in [2.05, 4.69) is 5.32 Å². The number of nitrogens with one attached hydrogen (secondary N) is 2. The van der Waals surface area contributed by atoms with E-state index in [1.54, 1.807) is 25.3 Å². The fraction of sp³-hybridized carbons (Fsp3) is 0.250. The zero-order valence-corrected chi connectivity index (χ0v) is 14.7. The zero-order chi connectivity index (χ0) is 17.8. The Kier molecular flexibility index (Phi) is 5.39. The molecule has 0 saturated heterocycles. The van der Waals surface area contributed by atoms with Gasteiger partial charge in [-0.05, 0) is 47.4 Å². The molecule has 3 rings (SSSR count). The molecule has 0 amide bonds. The molecule has 0 aromatic heterocycles. The number of halogens is 2. The number of alkyl halides is 1. The smallest absolute Gasteiger partial charge is 0.136 e. The van der Waals surface area contributed by atoms with Crippen LogP contribution in [-0.4, -0.2) is 26.0 Å². The van der Waals surface area contributed by atoms with Crippen molar-refractivity contribution in [2.45, 2.75) is 18.5 Å². The van der Waals surface area contributed by atoms with Gasteiger partial charge in [-0.2, -0.15) is 0 Å². The van der Waals surface area contributed by atoms with Gasteiger partial charge >= 0.3 is 0 Å². The van der Waals surface area contributed by atoms with Crippen LogP contribution in [0.15, 0.2) is 71.2 Å². The molecule has 1 heterocycles. The minimum Gasteiger partial charge on any atom is -0.500 e. The summed E-state index contributed by atoms with van der Waals surface area (Å²) < 4.78 is 20.7. The van der Waals surface area contributed by atoms with Crippen LogP contribution in [-0.2, 0) is 4.74 Å². The highest BCUT2D eigenvalue weighted by molar-refractivity contribution is 6.30. The Bertz CT molecular complexity index is 795. The highest BCUT2D eigenvalue weighted by Gasteiger charge is 2.33. The Morgan fingerprint density at radius 3 is 2.80 bits per heavy atom. The van der Waals surface area contributed by atoms with Gasteiger partial charge in [0.15, 0.2) is 0 Å². The predicted molar refractivity (Wildman–Crippen MR) is 99.8 cm³/mol. The molecule has 0 saturated carbocycles. The van der Waals surface area contributed by atoms with Crippen molar-refractivity contribution in [1.82, 2.24) is 5.32 Å². The normalized spacial score (nSPS) is 22.8. The molecule has 1 aromatic carbocycles. The summed E-state index contributed by atoms with van der Waals surface area (Å²) >= 11 is 6.08. The quantitative estimate of drug-likeness (QED) is 0.750. The molecule has 0 radical (unpaired) electrons. The van der Waals surface area contributed by atoms with Gasteiger partial charge in [-0.1, -0.05) is 35.9 Å². The maximum Gasteiger partial charge on any atom is 0.136 e. The molecule has 25 heavy (non-hydrogen) atoms. The van der Waals surface area contributed by atoms with Crippen LogP contribution in [0.5, 0.6) is 0 Å². The van der Waals surface area contributed by atoms with E-state index in [1.165, 1.54) is 6.21 Å². The lowest BCUT2D eigenvalue weighted by Gasteiger charge is -2.29. The Morgan fingerprint density at radius 2 is 2.16 bits per heavy atom. The monoisotopic (exact) mass is 358 g/mol. The Morgan fingerprint density at radius 1 is 1.32 bits per heavy atom. The van der Waals surface area contributed by atoms with Crippen molar-refractivity contribution in [3.05, 3.63) is 81.8 Å². The second-order valence-electron chi connectivity index (χ2n) is 6.07. The van der Waals surface area contributed by atoms with E-state index >= 15 is 4.39 Å². The number of hydrogen-bond acceptors (Lipinski definition) is 3. The first-order valence-corrected chi connectivity index (χ1v) is 8.48. The lowest BCUT2D eigenvalue weighted by atomic mass is 9.82. The molecule has 2 atom stereocenters. The lowest BCUT2D eigenvalue weighted by molar-refractivity contribution is 0.218. The van der Waals surface area contributed by atoms with E-state index in [0.717, 1.165) is 16.8 Å². The van der Waals surface area contributed by atoms with Crippen LogP contribution < -0.4 is 5.32 Å². The van der Waals surface area contributed by atoms with E-state index in [-0.39, 0.29) is 0 Å². The van der Waals surface area contributed by atoms with Crippen molar-refractivity contribution < 1.29 is 9.13 Å². The standard InChI is InChI=1S/C20H20ClFN2O/c1-25-18-8-6-15(9-13-5-7-17(11-23)24-12-13)20(22)19(18)14-3-2-4-16(21)10-14/h2-8,10-11,19-20,23-24H,9,12H2,1H3. The van der Waals surface area contributed by atoms with Gasteiger partial charge in [0.2, 0.25) is 0 Å². The van der Waals surface area contributed by atoms with Crippen LogP contribution >= 0.6 is 11.6 Å². The maximum absolute atomic E-state index is 15.3. The van der Waals surface area contributed by atoms with Crippen molar-refractivity contribution in [3.8, 4) is 0 Å². The lowest BCUT2D eigenvalue weighted by Crippen LogP contribution is -2.25. The van der Waals surface area contributed by atoms with Crippen LogP contribution in [0.1, 0.15) is 17.9 Å². The number of hydrogen-bond donors (Lipinski definition) is 2. The van der Waals surface area contributed by atoms with Crippen LogP contribution in [0, 0.1) is 5.41 Å². The van der Waals surface area contributed by atoms with Gasteiger partial charge in [0.25, 0.3) is 0 Å². The van der Waals surface area contributed by atoms with Crippen LogP contribution in [0.25, 0.3) is 0 Å². The number of benzene rings is 1. The van der Waals surface area contributed by atoms with E-state index in [4.69, 9.17) is 21.7 Å². The average molecular weight is 359 g/mol. The van der Waals surface area contributed by atoms with E-state index in [9.17, 15) is 0 Å². The van der Waals surface area contributed by atoms with E-state index in [0.29, 0.717) is 29.3 Å². The largest absolute Gasteiger partial charge is 0.500 e. The third kappa shape index (κ3) is 3.85. The highest BCUT2D eigenvalue weighted by atomic mass is 35.5. The molecular weight excluding hydrogens is 339 g/mol. The van der Waals surface area contributed by atoms with Crippen LogP contribution in [0.3, 0.4) is 0 Å². The Hall–Kier alpha value is -2.33. The summed E-state index contributed by atoms with van der Waals surface area (Å²) in [5, 5.41) is 11.0. The molecule has 1 aliphatic heterocycles. The molecule has 1 aromatic rings. The van der Waals surface area contributed by atoms with E-state index in [1.807, 2.05) is 30.4 Å². The second kappa shape index (κ2) is 7.70. The van der Waals surface area contributed by atoms with Gasteiger partial charge in [-0.25, -0.2) is 4.39 Å². The first-order chi connectivity index (χ1) is 12.1. The molecule has 2 N–H and O–H groups in total. The fourth-order valence-electron chi connectivity index (χ4n) is 3.15. The maximum atomic E-state index is 15.3. The Labute approximate surface area is 152 Å². The van der Waals surface area contributed by atoms with Gasteiger partial charge in [0.1, 0.15) is 11.9 Å². The average Bonchev–Trinajstić information content (AvgIpc) is 2.63. The third-order valence-electron chi connectivity index (χ3n) is 4.46. The minimum atomic E-state index is -1.17. The molecular formula is C20H20ClFN2O. The molecule has 130 valence electrons. The summed E-state index contributed by atoms with van der Waals surface area (Å²) in [4.78, 5) is 0. The topological polar surface area (TPSA) is 45.1 Å². The molecule has 2 aliphatic rings. The molecule has 0 spiro atoms. The van der Waals surface area contributed by atoms with Crippen LogP contribution in [0.2, 0.25) is 5.02 Å². The first kappa shape index (κ1) is 17.5. The van der Waals surface area contributed by atoms with Crippen molar-refractivity contribution in [2.24, 2.45) is 0 Å². The van der Waals surface area contributed by atoms with Crippen molar-refractivity contribution >= 4 is 17.8 Å². The SMILES string of the molecule is COC1=CC=C(CC2=CC=C(C=N)NC2)C(F)C1c1cccc(Cl)c1. The van der Waals surface area contributed by atoms with Gasteiger partial charge in [-0.3, -0.25) is 0 Å². The van der Waals surface area contributed by atoms with Gasteiger partial charge in [0, 0.05) is 17.8 Å². The molecule has 0 bridgehead atoms. The molecule has 3 nitrogen and oxygen atoms in total. The summed E-state index contributed by atoms with van der Waals surface area (Å²) in [5.74, 6) is 0.105. The van der Waals surface area contributed by atoms with Gasteiger partial charge < -0.3 is 15.5 Å². The number of rotatable bonds is 5. The molecule has 1 aliphatic carbocycles. The number of allylic oxidation sites excluding steroid dienone is 7. The second-order valence-corrected chi connectivity index (χ2v) is 6.51. The zero-order valence-electron chi connectivity index (χ0n) is 13.9. The fourth-order valence-corrected chi connectivity index (χ4v) is 3.35.